The van der Waals surface area contributed by atoms with Crippen LogP contribution in [0.15, 0.2) is 315 Å². The highest BCUT2D eigenvalue weighted by molar-refractivity contribution is 7.20. The average Bonchev–Trinajstić information content (AvgIpc) is 2.12. The lowest BCUT2D eigenvalue weighted by molar-refractivity contribution is 0.761. The number of fused-ring (bicyclic) bond motifs is 3. The van der Waals surface area contributed by atoms with Gasteiger partial charge in [-0.15, -0.1) is 0 Å². The van der Waals surface area contributed by atoms with E-state index in [1.165, 1.54) is 85.6 Å². The van der Waals surface area contributed by atoms with Gasteiger partial charge in [0.05, 0.1) is 11.0 Å². The fourth-order valence-electron chi connectivity index (χ4n) is 14.6. The van der Waals surface area contributed by atoms with Crippen LogP contribution in [0.25, 0.3) is 50.5 Å². The predicted molar refractivity (Wildman–Crippen MR) is 347 cm³/mol. The molecule has 0 aliphatic heterocycles. The van der Waals surface area contributed by atoms with E-state index in [1.807, 2.05) is 0 Å². The number of hydrogen-bond acceptors (Lipinski definition) is 3. The molecular weight excluding hydrogens is 1040 g/mol. The molecule has 6 heteroatoms. The van der Waals surface area contributed by atoms with Crippen molar-refractivity contribution in [1.29, 1.82) is 0 Å². The van der Waals surface area contributed by atoms with Crippen LogP contribution in [0.2, 0.25) is 0 Å². The van der Waals surface area contributed by atoms with Gasteiger partial charge >= 0.3 is 0 Å². The van der Waals surface area contributed by atoms with Gasteiger partial charge in [-0.05, 0) is 87.0 Å². The molecule has 0 spiro atoms. The second-order valence-corrected chi connectivity index (χ2v) is 29.7. The van der Waals surface area contributed by atoms with Gasteiger partial charge in [0, 0.05) is 33.7 Å². The fourth-order valence-corrected chi connectivity index (χ4v) is 24.2. The van der Waals surface area contributed by atoms with Crippen LogP contribution in [0.1, 0.15) is 45.2 Å². The number of para-hydroxylation sites is 1. The van der Waals surface area contributed by atoms with Gasteiger partial charge in [0.25, 0.3) is 0 Å². The van der Waals surface area contributed by atoms with Gasteiger partial charge < -0.3 is 0 Å². The summed E-state index contributed by atoms with van der Waals surface area (Å²) in [6, 6.07) is 117. The molecule has 17 rings (SSSR count). The molecule has 83 heavy (non-hydrogen) atoms. The first-order valence-electron chi connectivity index (χ1n) is 28.7. The lowest BCUT2D eigenvalue weighted by Crippen LogP contribution is -2.74. The van der Waals surface area contributed by atoms with Crippen LogP contribution in [-0.2, 0) is 0 Å². The van der Waals surface area contributed by atoms with Crippen molar-refractivity contribution in [3.05, 3.63) is 349 Å². The Kier molecular flexibility index (Phi) is 11.7. The van der Waals surface area contributed by atoms with E-state index in [0.717, 1.165) is 22.2 Å². The van der Waals surface area contributed by atoms with E-state index >= 15 is 0 Å². The number of aromatic nitrogens is 4. The van der Waals surface area contributed by atoms with Crippen LogP contribution in [0, 0.1) is 0 Å². The first kappa shape index (κ1) is 48.8. The highest BCUT2D eigenvalue weighted by atomic mass is 28.3. The van der Waals surface area contributed by atoms with E-state index in [-0.39, 0.29) is 11.8 Å². The minimum Gasteiger partial charge on any atom is -0.278 e. The molecule has 0 saturated heterocycles. The van der Waals surface area contributed by atoms with E-state index in [4.69, 9.17) is 15.0 Å². The average molecular weight is 1090 g/mol. The number of hydrogen-bond donors (Lipinski definition) is 0. The van der Waals surface area contributed by atoms with Gasteiger partial charge in [0.2, 0.25) is 5.95 Å². The fraction of sp³-hybridized carbons (Fsp3) is 0.0260. The van der Waals surface area contributed by atoms with E-state index in [0.29, 0.717) is 17.6 Å². The molecule has 390 valence electrons. The molecular formula is C77H54N4Si2. The van der Waals surface area contributed by atoms with E-state index in [9.17, 15) is 0 Å². The largest absolute Gasteiger partial charge is 0.278 e. The van der Waals surface area contributed by atoms with Gasteiger partial charge in [0.15, 0.2) is 27.8 Å². The zero-order valence-electron chi connectivity index (χ0n) is 45.5. The van der Waals surface area contributed by atoms with Gasteiger partial charge in [0.1, 0.15) is 0 Å². The first-order valence-corrected chi connectivity index (χ1v) is 32.7. The van der Waals surface area contributed by atoms with Gasteiger partial charge in [-0.2, -0.15) is 9.97 Å². The molecule has 0 atom stereocenters. The summed E-state index contributed by atoms with van der Waals surface area (Å²) in [5.41, 5.74) is 12.3. The first-order chi connectivity index (χ1) is 41.2. The third-order valence-electron chi connectivity index (χ3n) is 17.9. The van der Waals surface area contributed by atoms with Crippen molar-refractivity contribution in [2.24, 2.45) is 0 Å². The molecule has 0 saturated carbocycles. The standard InChI is InChI=1S/C77H54N4Si2/c1-7-29-55(30-8-1)82(56-31-9-2-10-32-56,57-33-11-3-12-34-57)61-41-25-27-53(51-61)75-78-76(54-28-26-42-62(52-54)83(58-35-13-4-14-36-58,59-37-15-5-16-38-59)60-39-17-6-18-40-60)80-77(79-75)81-69-48-24-23-47-67(69)73-70(81)50-49-68-71-63-43-19-21-45-65(63)72(74(68)73)66-46-22-20-44-64(66)71/h1-52,71-72H. The maximum atomic E-state index is 5.72. The predicted octanol–water partition coefficient (Wildman–Crippen LogP) is 12.0. The van der Waals surface area contributed by atoms with Crippen LogP contribution in [-0.4, -0.2) is 35.7 Å². The Morgan fingerprint density at radius 1 is 0.265 bits per heavy atom. The van der Waals surface area contributed by atoms with Crippen molar-refractivity contribution in [2.45, 2.75) is 11.8 Å². The van der Waals surface area contributed by atoms with Crippen molar-refractivity contribution in [2.75, 3.05) is 0 Å². The molecule has 0 fully saturated rings. The Balaban J connectivity index is 0.969. The molecule has 0 N–H and O–H groups in total. The minimum atomic E-state index is -2.95. The zero-order valence-corrected chi connectivity index (χ0v) is 47.5. The molecule has 2 heterocycles. The van der Waals surface area contributed by atoms with Crippen molar-refractivity contribution >= 4 is 79.4 Å². The summed E-state index contributed by atoms with van der Waals surface area (Å²) in [5, 5.41) is 12.7. The summed E-state index contributed by atoms with van der Waals surface area (Å²) in [6.45, 7) is 0. The van der Waals surface area contributed by atoms with Crippen LogP contribution < -0.4 is 41.5 Å². The molecule has 12 aromatic carbocycles. The SMILES string of the molecule is c1ccc([Si](c2ccccc2)(c2ccccc2)c2cccc(-c3nc(-c4cccc([Si](c5ccccc5)(c5ccccc5)c5ccccc5)c4)nc(-n4c5ccccc5c5c6c(ccc54)C4c5ccccc5C6c5ccccc54)n3)c2)cc1. The quantitative estimate of drug-likeness (QED) is 0.0958. The summed E-state index contributed by atoms with van der Waals surface area (Å²) in [4.78, 5) is 17.1. The Hall–Kier alpha value is -10.1. The summed E-state index contributed by atoms with van der Waals surface area (Å²) in [6.07, 6.45) is 0. The Bertz CT molecular complexity index is 4310. The highest BCUT2D eigenvalue weighted by Gasteiger charge is 2.45. The lowest BCUT2D eigenvalue weighted by atomic mass is 9.60. The topological polar surface area (TPSA) is 43.6 Å². The molecule has 14 aromatic rings. The summed E-state index contributed by atoms with van der Waals surface area (Å²) in [7, 11) is -5.90. The molecule has 2 aromatic heterocycles. The van der Waals surface area contributed by atoms with Crippen LogP contribution in [0.5, 0.6) is 0 Å². The second-order valence-electron chi connectivity index (χ2n) is 22.1. The molecule has 3 aliphatic rings. The van der Waals surface area contributed by atoms with Crippen molar-refractivity contribution in [3.63, 3.8) is 0 Å². The lowest BCUT2D eigenvalue weighted by Gasteiger charge is -2.42. The third-order valence-corrected chi connectivity index (χ3v) is 27.5. The Labute approximate surface area is 485 Å². The van der Waals surface area contributed by atoms with Crippen molar-refractivity contribution < 1.29 is 0 Å². The van der Waals surface area contributed by atoms with Gasteiger partial charge in [-0.25, -0.2) is 4.98 Å². The monoisotopic (exact) mass is 1090 g/mol. The van der Waals surface area contributed by atoms with Crippen molar-refractivity contribution in [1.82, 2.24) is 19.5 Å². The molecule has 0 radical (unpaired) electrons. The van der Waals surface area contributed by atoms with Crippen LogP contribution >= 0.6 is 0 Å². The molecule has 0 amide bonds. The molecule has 0 unspecified atom stereocenters. The maximum Gasteiger partial charge on any atom is 0.238 e. The number of rotatable bonds is 11. The number of nitrogens with zero attached hydrogens (tertiary/aromatic N) is 4. The second kappa shape index (κ2) is 19.9. The van der Waals surface area contributed by atoms with Crippen molar-refractivity contribution in [3.8, 4) is 28.7 Å². The molecule has 4 nitrogen and oxygen atoms in total. The maximum absolute atomic E-state index is 5.72. The van der Waals surface area contributed by atoms with Gasteiger partial charge in [-0.3, -0.25) is 4.57 Å². The number of benzene rings is 12. The Morgan fingerprint density at radius 3 is 1.02 bits per heavy atom. The third kappa shape index (κ3) is 7.53. The summed E-state index contributed by atoms with van der Waals surface area (Å²) in [5.74, 6) is 2.01. The van der Waals surface area contributed by atoms with E-state index in [1.54, 1.807) is 0 Å². The van der Waals surface area contributed by atoms with Gasteiger partial charge in [-0.1, -0.05) is 303 Å². The smallest absolute Gasteiger partial charge is 0.238 e. The zero-order chi connectivity index (χ0) is 54.9. The molecule has 2 bridgehead atoms. The normalized spacial score (nSPS) is 14.3. The van der Waals surface area contributed by atoms with Crippen LogP contribution in [0.3, 0.4) is 0 Å². The van der Waals surface area contributed by atoms with Crippen LogP contribution in [0.4, 0.5) is 0 Å². The van der Waals surface area contributed by atoms with E-state index in [2.05, 4.69) is 320 Å². The Morgan fingerprint density at radius 2 is 0.614 bits per heavy atom. The highest BCUT2D eigenvalue weighted by Crippen LogP contribution is 2.58. The summed E-state index contributed by atoms with van der Waals surface area (Å²) >= 11 is 0. The molecule has 3 aliphatic carbocycles. The van der Waals surface area contributed by atoms with E-state index < -0.39 is 16.1 Å². The summed E-state index contributed by atoms with van der Waals surface area (Å²) < 4.78 is 2.32. The minimum absolute atomic E-state index is 0.0758.